The number of aromatic nitrogens is 2. The molecule has 3 rings (SSSR count). The fourth-order valence-corrected chi connectivity index (χ4v) is 3.76. The molecular weight excluding hydrogens is 368 g/mol. The number of halogens is 1. The van der Waals surface area contributed by atoms with Crippen molar-refractivity contribution in [2.24, 2.45) is 5.41 Å². The Hall–Kier alpha value is -2.67. The number of rotatable bonds is 4. The van der Waals surface area contributed by atoms with Crippen LogP contribution in [0.25, 0.3) is 0 Å². The van der Waals surface area contributed by atoms with Gasteiger partial charge in [-0.2, -0.15) is 10.2 Å². The Bertz CT molecular complexity index is 858. The first-order valence-corrected chi connectivity index (χ1v) is 8.97. The van der Waals surface area contributed by atoms with Gasteiger partial charge in [-0.15, -0.1) is 0 Å². The van der Waals surface area contributed by atoms with Crippen molar-refractivity contribution in [2.45, 2.75) is 19.8 Å². The molecule has 1 fully saturated rings. The van der Waals surface area contributed by atoms with E-state index in [0.717, 1.165) is 5.56 Å². The molecule has 2 N–H and O–H groups in total. The minimum atomic E-state index is -1.08. The van der Waals surface area contributed by atoms with E-state index in [2.05, 4.69) is 15.5 Å². The van der Waals surface area contributed by atoms with Crippen LogP contribution in [0.3, 0.4) is 0 Å². The van der Waals surface area contributed by atoms with Crippen LogP contribution in [0, 0.1) is 12.3 Å². The van der Waals surface area contributed by atoms with Crippen LogP contribution >= 0.6 is 11.6 Å². The summed E-state index contributed by atoms with van der Waals surface area (Å²) in [4.78, 5) is 25.7. The number of hydrogen-bond acceptors (Lipinski definition) is 4. The second kappa shape index (κ2) is 7.52. The first-order valence-electron chi connectivity index (χ1n) is 8.59. The van der Waals surface area contributed by atoms with Gasteiger partial charge in [-0.1, -0.05) is 30.7 Å². The van der Waals surface area contributed by atoms with Gasteiger partial charge in [-0.3, -0.25) is 4.79 Å². The van der Waals surface area contributed by atoms with Gasteiger partial charge in [0.25, 0.3) is 5.91 Å². The zero-order chi connectivity index (χ0) is 19.6. The van der Waals surface area contributed by atoms with Gasteiger partial charge in [0.05, 0.1) is 17.5 Å². The van der Waals surface area contributed by atoms with Crippen molar-refractivity contribution in [1.29, 1.82) is 0 Å². The molecule has 2 amide bonds. The highest BCUT2D eigenvalue weighted by atomic mass is 35.5. The van der Waals surface area contributed by atoms with Crippen LogP contribution in [0.2, 0.25) is 5.02 Å². The van der Waals surface area contributed by atoms with E-state index in [4.69, 9.17) is 16.7 Å². The molecule has 7 nitrogen and oxygen atoms in total. The van der Waals surface area contributed by atoms with Gasteiger partial charge in [-0.05, 0) is 30.7 Å². The molecule has 2 heterocycles. The number of carboxylic acid groups (broad SMARTS) is 1. The van der Waals surface area contributed by atoms with E-state index in [1.165, 1.54) is 6.20 Å². The van der Waals surface area contributed by atoms with E-state index < -0.39 is 11.5 Å². The average molecular weight is 389 g/mol. The van der Waals surface area contributed by atoms with E-state index in [1.807, 2.05) is 31.2 Å². The lowest BCUT2D eigenvalue weighted by Crippen LogP contribution is -2.40. The van der Waals surface area contributed by atoms with Gasteiger partial charge in [0.15, 0.2) is 0 Å². The molecule has 142 valence electrons. The highest BCUT2D eigenvalue weighted by Crippen LogP contribution is 2.43. The van der Waals surface area contributed by atoms with E-state index in [9.17, 15) is 9.59 Å². The Kier molecular flexibility index (Phi) is 5.32. The molecule has 0 radical (unpaired) electrons. The maximum atomic E-state index is 13.0. The fourth-order valence-electron chi connectivity index (χ4n) is 3.64. The molecule has 1 aliphatic rings. The van der Waals surface area contributed by atoms with Gasteiger partial charge in [-0.25, -0.2) is 4.79 Å². The van der Waals surface area contributed by atoms with E-state index >= 15 is 0 Å². The van der Waals surface area contributed by atoms with Gasteiger partial charge in [0.2, 0.25) is 0 Å². The van der Waals surface area contributed by atoms with Crippen molar-refractivity contribution in [3.8, 4) is 0 Å². The fraction of sp³-hybridized carbons (Fsp3) is 0.368. The van der Waals surface area contributed by atoms with E-state index in [-0.39, 0.29) is 18.4 Å². The summed E-state index contributed by atoms with van der Waals surface area (Å²) in [6.07, 6.45) is 0.377. The lowest BCUT2D eigenvalue weighted by Gasteiger charge is -2.30. The summed E-state index contributed by atoms with van der Waals surface area (Å²) < 4.78 is 0. The lowest BCUT2D eigenvalue weighted by molar-refractivity contribution is 0.0774. The van der Waals surface area contributed by atoms with Gasteiger partial charge < -0.3 is 15.3 Å². The normalized spacial score (nSPS) is 21.9. The molecule has 27 heavy (non-hydrogen) atoms. The van der Waals surface area contributed by atoms with Crippen molar-refractivity contribution >= 4 is 23.6 Å². The van der Waals surface area contributed by atoms with Gasteiger partial charge >= 0.3 is 6.09 Å². The first kappa shape index (κ1) is 19.1. The number of likely N-dealkylation sites (tertiary alicyclic amines) is 1. The maximum Gasteiger partial charge on any atom is 0.404 e. The molecule has 0 unspecified atom stereocenters. The third-order valence-electron chi connectivity index (χ3n) is 5.02. The maximum absolute atomic E-state index is 13.0. The average Bonchev–Trinajstić information content (AvgIpc) is 2.98. The molecule has 1 saturated heterocycles. The second-order valence-electron chi connectivity index (χ2n) is 7.19. The number of nitrogens with one attached hydrogen (secondary N) is 1. The topological polar surface area (TPSA) is 95.4 Å². The second-order valence-corrected chi connectivity index (χ2v) is 7.62. The smallest absolute Gasteiger partial charge is 0.404 e. The highest BCUT2D eigenvalue weighted by Gasteiger charge is 2.45. The molecule has 8 heteroatoms. The number of benzene rings is 1. The van der Waals surface area contributed by atoms with Crippen molar-refractivity contribution in [2.75, 3.05) is 19.6 Å². The SMILES string of the molecule is Cc1cc(C(=O)N2C[C@@H](c3ccc(Cl)cc3)[C@](C)(CNC(=O)O)C2)cnn1. The van der Waals surface area contributed by atoms with Crippen molar-refractivity contribution in [1.82, 2.24) is 20.4 Å². The molecule has 1 aromatic carbocycles. The molecule has 2 aromatic rings. The van der Waals surface area contributed by atoms with E-state index in [1.54, 1.807) is 17.9 Å². The molecule has 2 atom stereocenters. The highest BCUT2D eigenvalue weighted by molar-refractivity contribution is 6.30. The van der Waals surface area contributed by atoms with Crippen molar-refractivity contribution in [3.63, 3.8) is 0 Å². The van der Waals surface area contributed by atoms with Crippen molar-refractivity contribution < 1.29 is 14.7 Å². The molecule has 1 aliphatic heterocycles. The zero-order valence-corrected chi connectivity index (χ0v) is 15.9. The number of amides is 2. The zero-order valence-electron chi connectivity index (χ0n) is 15.1. The van der Waals surface area contributed by atoms with Crippen LogP contribution in [0.1, 0.15) is 34.5 Å². The Balaban J connectivity index is 1.89. The van der Waals surface area contributed by atoms with Crippen LogP contribution in [0.4, 0.5) is 4.79 Å². The Morgan fingerprint density at radius 3 is 2.70 bits per heavy atom. The van der Waals surface area contributed by atoms with Gasteiger partial charge in [0, 0.05) is 36.0 Å². The quantitative estimate of drug-likeness (QED) is 0.839. The minimum Gasteiger partial charge on any atom is -0.465 e. The number of aryl methyl sites for hydroxylation is 1. The van der Waals surface area contributed by atoms with Crippen molar-refractivity contribution in [3.05, 3.63) is 58.4 Å². The molecule has 1 aromatic heterocycles. The molecular formula is C19H21ClN4O3. The third kappa shape index (κ3) is 4.19. The first-order chi connectivity index (χ1) is 12.8. The van der Waals surface area contributed by atoms with E-state index in [0.29, 0.717) is 29.4 Å². The molecule has 0 spiro atoms. The van der Waals surface area contributed by atoms with Gasteiger partial charge in [0.1, 0.15) is 0 Å². The predicted octanol–water partition coefficient (Wildman–Crippen LogP) is 2.95. The number of nitrogens with zero attached hydrogens (tertiary/aromatic N) is 3. The minimum absolute atomic E-state index is 0.0264. The Morgan fingerprint density at radius 1 is 1.37 bits per heavy atom. The summed E-state index contributed by atoms with van der Waals surface area (Å²) in [6.45, 7) is 4.93. The summed E-state index contributed by atoms with van der Waals surface area (Å²) in [6, 6.07) is 9.18. The summed E-state index contributed by atoms with van der Waals surface area (Å²) in [5, 5.41) is 19.9. The van der Waals surface area contributed by atoms with Crippen LogP contribution in [-0.4, -0.2) is 51.8 Å². The summed E-state index contributed by atoms with van der Waals surface area (Å²) >= 11 is 6.00. The Morgan fingerprint density at radius 2 is 2.07 bits per heavy atom. The van der Waals surface area contributed by atoms with Crippen LogP contribution in [0.15, 0.2) is 36.5 Å². The summed E-state index contributed by atoms with van der Waals surface area (Å²) in [5.74, 6) is -0.160. The summed E-state index contributed by atoms with van der Waals surface area (Å²) in [5.41, 5.74) is 1.73. The molecule has 0 aliphatic carbocycles. The Labute approximate surface area is 162 Å². The number of carbonyl (C=O) groups is 2. The van der Waals surface area contributed by atoms with Crippen LogP contribution in [0.5, 0.6) is 0 Å². The lowest BCUT2D eigenvalue weighted by atomic mass is 9.76. The monoisotopic (exact) mass is 388 g/mol. The molecule has 0 saturated carbocycles. The number of hydrogen-bond donors (Lipinski definition) is 2. The molecule has 0 bridgehead atoms. The largest absolute Gasteiger partial charge is 0.465 e. The van der Waals surface area contributed by atoms with Crippen LogP contribution < -0.4 is 5.32 Å². The number of carbonyl (C=O) groups excluding carboxylic acids is 1. The summed E-state index contributed by atoms with van der Waals surface area (Å²) in [7, 11) is 0. The predicted molar refractivity (Wildman–Crippen MR) is 101 cm³/mol. The third-order valence-corrected chi connectivity index (χ3v) is 5.27. The van der Waals surface area contributed by atoms with Crippen LogP contribution in [-0.2, 0) is 0 Å². The standard InChI is InChI=1S/C19H21ClN4O3/c1-12-7-14(8-22-23-12)17(25)24-9-16(13-3-5-15(20)6-4-13)19(2,11-24)10-21-18(26)27/h3-8,16,21H,9-11H2,1-2H3,(H,26,27)/t16-,19+/m0/s1.